The van der Waals surface area contributed by atoms with Crippen LogP contribution in [0.4, 0.5) is 18.9 Å². The summed E-state index contributed by atoms with van der Waals surface area (Å²) in [6.07, 6.45) is -2.26. The zero-order valence-electron chi connectivity index (χ0n) is 14.2. The highest BCUT2D eigenvalue weighted by molar-refractivity contribution is 5.95. The molecule has 0 bridgehead atoms. The van der Waals surface area contributed by atoms with E-state index in [1.165, 1.54) is 29.8 Å². The number of carbonyl (C=O) groups excluding carboxylic acids is 1. The third-order valence-corrected chi connectivity index (χ3v) is 4.23. The number of benzene rings is 1. The van der Waals surface area contributed by atoms with Crippen LogP contribution in [-0.2, 0) is 4.79 Å². The average molecular weight is 341 g/mol. The highest BCUT2D eigenvalue weighted by atomic mass is 19.4. The fourth-order valence-electron chi connectivity index (χ4n) is 2.87. The molecule has 2 atom stereocenters. The Bertz CT molecular complexity index is 629. The number of rotatable bonds is 5. The number of alkyl halides is 3. The maximum absolute atomic E-state index is 12.4. The molecule has 6 heteroatoms. The number of anilines is 1. The Balaban J connectivity index is 1.95. The van der Waals surface area contributed by atoms with E-state index in [1.54, 1.807) is 0 Å². The Morgan fingerprint density at radius 2 is 1.83 bits per heavy atom. The second-order valence-electron chi connectivity index (χ2n) is 6.99. The number of hydrogen-bond donors (Lipinski definition) is 1. The molecule has 1 saturated carbocycles. The van der Waals surface area contributed by atoms with E-state index in [4.69, 9.17) is 0 Å². The van der Waals surface area contributed by atoms with Gasteiger partial charge in [-0.2, -0.15) is 13.2 Å². The van der Waals surface area contributed by atoms with E-state index in [0.717, 1.165) is 0 Å². The molecule has 0 heterocycles. The number of ether oxygens (including phenoxy) is 1. The lowest BCUT2D eigenvalue weighted by Crippen LogP contribution is -2.19. The van der Waals surface area contributed by atoms with Gasteiger partial charge in [-0.25, -0.2) is 0 Å². The molecule has 2 rings (SSSR count). The van der Waals surface area contributed by atoms with Gasteiger partial charge in [0.15, 0.2) is 6.61 Å². The van der Waals surface area contributed by atoms with E-state index in [1.807, 2.05) is 13.8 Å². The van der Waals surface area contributed by atoms with Gasteiger partial charge in [-0.3, -0.25) is 4.79 Å². The summed E-state index contributed by atoms with van der Waals surface area (Å²) in [5.74, 6) is 0.136. The fraction of sp³-hybridized carbons (Fsp3) is 0.500. The molecular formula is C18H22F3NO2. The molecule has 0 spiro atoms. The van der Waals surface area contributed by atoms with E-state index in [-0.39, 0.29) is 28.9 Å². The molecule has 1 amide bonds. The molecule has 24 heavy (non-hydrogen) atoms. The van der Waals surface area contributed by atoms with Gasteiger partial charge < -0.3 is 10.1 Å². The topological polar surface area (TPSA) is 38.3 Å². The van der Waals surface area contributed by atoms with Crippen LogP contribution in [0.15, 0.2) is 35.9 Å². The monoisotopic (exact) mass is 341 g/mol. The van der Waals surface area contributed by atoms with Gasteiger partial charge >= 0.3 is 6.18 Å². The van der Waals surface area contributed by atoms with Crippen LogP contribution in [-0.4, -0.2) is 18.7 Å². The maximum Gasteiger partial charge on any atom is 0.422 e. The van der Waals surface area contributed by atoms with E-state index in [2.05, 4.69) is 30.0 Å². The van der Waals surface area contributed by atoms with Crippen LogP contribution in [0.25, 0.3) is 0 Å². The first-order valence-electron chi connectivity index (χ1n) is 7.76. The molecule has 0 aromatic heterocycles. The average Bonchev–Trinajstić information content (AvgIpc) is 2.97. The molecule has 1 aromatic rings. The number of halogens is 3. The summed E-state index contributed by atoms with van der Waals surface area (Å²) in [7, 11) is 0. The summed E-state index contributed by atoms with van der Waals surface area (Å²) >= 11 is 0. The predicted octanol–water partition coefficient (Wildman–Crippen LogP) is 4.80. The summed E-state index contributed by atoms with van der Waals surface area (Å²) in [6, 6.07) is 5.89. The van der Waals surface area contributed by atoms with Gasteiger partial charge in [0.2, 0.25) is 5.91 Å². The van der Waals surface area contributed by atoms with Crippen LogP contribution < -0.4 is 10.1 Å². The highest BCUT2D eigenvalue weighted by Crippen LogP contribution is 2.59. The van der Waals surface area contributed by atoms with E-state index in [9.17, 15) is 18.0 Å². The molecule has 3 nitrogen and oxygen atoms in total. The van der Waals surface area contributed by atoms with Crippen LogP contribution in [0, 0.1) is 17.3 Å². The van der Waals surface area contributed by atoms with Crippen LogP contribution >= 0.6 is 0 Å². The van der Waals surface area contributed by atoms with Crippen molar-refractivity contribution >= 4 is 11.6 Å². The molecule has 1 aliphatic rings. The minimum Gasteiger partial charge on any atom is -0.484 e. The van der Waals surface area contributed by atoms with E-state index in [0.29, 0.717) is 5.69 Å². The van der Waals surface area contributed by atoms with Gasteiger partial charge in [0, 0.05) is 5.69 Å². The van der Waals surface area contributed by atoms with Crippen molar-refractivity contribution in [2.24, 2.45) is 17.3 Å². The third-order valence-electron chi connectivity index (χ3n) is 4.23. The summed E-state index contributed by atoms with van der Waals surface area (Å²) in [6.45, 7) is 6.77. The minimum absolute atomic E-state index is 0.0774. The first-order chi connectivity index (χ1) is 11.0. The maximum atomic E-state index is 12.4. The SMILES string of the molecule is CC(C)=CC1C(C(=O)Nc2ccc(OCC(F)(F)F)cc2)C1(C)C. The number of hydrogen-bond acceptors (Lipinski definition) is 2. The molecule has 1 fully saturated rings. The molecule has 2 unspecified atom stereocenters. The molecule has 1 aliphatic carbocycles. The van der Waals surface area contributed by atoms with Gasteiger partial charge in [-0.1, -0.05) is 25.5 Å². The van der Waals surface area contributed by atoms with Crippen LogP contribution in [0.5, 0.6) is 5.75 Å². The molecule has 1 aromatic carbocycles. The molecule has 132 valence electrons. The van der Waals surface area contributed by atoms with Crippen molar-refractivity contribution in [3.63, 3.8) is 0 Å². The molecule has 0 aliphatic heterocycles. The van der Waals surface area contributed by atoms with Crippen LogP contribution in [0.2, 0.25) is 0 Å². The fourth-order valence-corrected chi connectivity index (χ4v) is 2.87. The normalized spacial score (nSPS) is 21.8. The number of amides is 1. The summed E-state index contributed by atoms with van der Waals surface area (Å²) in [5, 5.41) is 2.82. The lowest BCUT2D eigenvalue weighted by molar-refractivity contribution is -0.153. The largest absolute Gasteiger partial charge is 0.484 e. The van der Waals surface area contributed by atoms with Crippen LogP contribution in [0.3, 0.4) is 0 Å². The first-order valence-corrected chi connectivity index (χ1v) is 7.76. The second kappa shape index (κ2) is 6.49. The van der Waals surface area contributed by atoms with Gasteiger partial charge in [0.1, 0.15) is 5.75 Å². The summed E-state index contributed by atoms with van der Waals surface area (Å²) < 4.78 is 40.9. The predicted molar refractivity (Wildman–Crippen MR) is 86.8 cm³/mol. The summed E-state index contributed by atoms with van der Waals surface area (Å²) in [5.41, 5.74) is 1.63. The van der Waals surface area contributed by atoms with Gasteiger partial charge in [0.25, 0.3) is 0 Å². The Labute approximate surface area is 139 Å². The minimum atomic E-state index is -4.37. The van der Waals surface area contributed by atoms with E-state index < -0.39 is 12.8 Å². The highest BCUT2D eigenvalue weighted by Gasteiger charge is 2.60. The van der Waals surface area contributed by atoms with Gasteiger partial charge in [-0.05, 0) is 49.4 Å². The number of carbonyl (C=O) groups is 1. The molecule has 1 N–H and O–H groups in total. The lowest BCUT2D eigenvalue weighted by atomic mass is 10.1. The third kappa shape index (κ3) is 4.52. The molecule has 0 radical (unpaired) electrons. The molecule has 0 saturated heterocycles. The van der Waals surface area contributed by atoms with Crippen LogP contribution in [0.1, 0.15) is 27.7 Å². The van der Waals surface area contributed by atoms with Crippen molar-refractivity contribution in [2.45, 2.75) is 33.9 Å². The van der Waals surface area contributed by atoms with E-state index >= 15 is 0 Å². The number of nitrogens with one attached hydrogen (secondary N) is 1. The number of allylic oxidation sites excluding steroid dienone is 2. The van der Waals surface area contributed by atoms with Crippen molar-refractivity contribution in [2.75, 3.05) is 11.9 Å². The van der Waals surface area contributed by atoms with Crippen molar-refractivity contribution < 1.29 is 22.7 Å². The Kier molecular flexibility index (Phi) is 4.97. The summed E-state index contributed by atoms with van der Waals surface area (Å²) in [4.78, 5) is 12.4. The van der Waals surface area contributed by atoms with Crippen molar-refractivity contribution in [1.29, 1.82) is 0 Å². The lowest BCUT2D eigenvalue weighted by Gasteiger charge is -2.10. The molecular weight excluding hydrogens is 319 g/mol. The standard InChI is InChI=1S/C18H22F3NO2/c1-11(2)9-14-15(17(14,3)4)16(23)22-12-5-7-13(8-6-12)24-10-18(19,20)21/h5-9,14-15H,10H2,1-4H3,(H,22,23). The smallest absolute Gasteiger partial charge is 0.422 e. The zero-order valence-corrected chi connectivity index (χ0v) is 14.2. The quantitative estimate of drug-likeness (QED) is 0.781. The van der Waals surface area contributed by atoms with Crippen molar-refractivity contribution in [3.8, 4) is 5.75 Å². The van der Waals surface area contributed by atoms with Gasteiger partial charge in [0.05, 0.1) is 5.92 Å². The second-order valence-corrected chi connectivity index (χ2v) is 6.99. The Morgan fingerprint density at radius 1 is 1.25 bits per heavy atom. The first kappa shape index (κ1) is 18.4. The zero-order chi connectivity index (χ0) is 18.1. The van der Waals surface area contributed by atoms with Crippen molar-refractivity contribution in [3.05, 3.63) is 35.9 Å². The van der Waals surface area contributed by atoms with Crippen molar-refractivity contribution in [1.82, 2.24) is 0 Å². The Hall–Kier alpha value is -1.98. The Morgan fingerprint density at radius 3 is 2.33 bits per heavy atom. The van der Waals surface area contributed by atoms with Gasteiger partial charge in [-0.15, -0.1) is 0 Å².